The van der Waals surface area contributed by atoms with Gasteiger partial charge in [-0.15, -0.1) is 11.3 Å². The average molecular weight is 377 g/mol. The Morgan fingerprint density at radius 3 is 2.69 bits per heavy atom. The quantitative estimate of drug-likeness (QED) is 0.871. The van der Waals surface area contributed by atoms with Crippen molar-refractivity contribution in [3.8, 4) is 0 Å². The third kappa shape index (κ3) is 3.83. The summed E-state index contributed by atoms with van der Waals surface area (Å²) >= 11 is 1.61. The van der Waals surface area contributed by atoms with Gasteiger partial charge in [0.15, 0.2) is 0 Å². The van der Waals surface area contributed by atoms with Crippen molar-refractivity contribution in [3.63, 3.8) is 0 Å². The van der Waals surface area contributed by atoms with Crippen LogP contribution in [0.1, 0.15) is 50.1 Å². The van der Waals surface area contributed by atoms with Gasteiger partial charge in [-0.1, -0.05) is 6.92 Å². The molecule has 1 saturated heterocycles. The van der Waals surface area contributed by atoms with Crippen LogP contribution in [0, 0.1) is 6.92 Å². The minimum Gasteiger partial charge on any atom is -0.353 e. The van der Waals surface area contributed by atoms with Gasteiger partial charge in [-0.25, -0.2) is 4.98 Å². The van der Waals surface area contributed by atoms with Crippen LogP contribution in [0.25, 0.3) is 10.2 Å². The van der Waals surface area contributed by atoms with Gasteiger partial charge in [-0.2, -0.15) is 0 Å². The van der Waals surface area contributed by atoms with E-state index < -0.39 is 0 Å². The van der Waals surface area contributed by atoms with Crippen molar-refractivity contribution in [3.05, 3.63) is 27.1 Å². The smallest absolute Gasteiger partial charge is 0.262 e. The number of carbonyl (C=O) groups is 1. The Morgan fingerprint density at radius 1 is 1.38 bits per heavy atom. The third-order valence-corrected chi connectivity index (χ3v) is 6.11. The maximum Gasteiger partial charge on any atom is 0.262 e. The van der Waals surface area contributed by atoms with E-state index in [1.807, 2.05) is 18.4 Å². The molecule has 0 atom stereocenters. The van der Waals surface area contributed by atoms with Gasteiger partial charge in [-0.05, 0) is 45.6 Å². The predicted octanol–water partition coefficient (Wildman–Crippen LogP) is 2.49. The normalized spacial score (nSPS) is 16.5. The number of aromatic nitrogens is 2. The number of hydrogen-bond acceptors (Lipinski definition) is 5. The van der Waals surface area contributed by atoms with Crippen molar-refractivity contribution < 1.29 is 4.79 Å². The molecule has 0 unspecified atom stereocenters. The Hall–Kier alpha value is -1.73. The van der Waals surface area contributed by atoms with Gasteiger partial charge in [0.1, 0.15) is 4.83 Å². The molecule has 6 nitrogen and oxygen atoms in total. The maximum absolute atomic E-state index is 13.1. The summed E-state index contributed by atoms with van der Waals surface area (Å²) in [7, 11) is 0. The lowest BCUT2D eigenvalue weighted by atomic mass is 10.0. The first kappa shape index (κ1) is 19.0. The fourth-order valence-corrected chi connectivity index (χ4v) is 4.85. The number of amides is 1. The van der Waals surface area contributed by atoms with Crippen LogP contribution in [0.3, 0.4) is 0 Å². The van der Waals surface area contributed by atoms with Crippen LogP contribution in [0.2, 0.25) is 0 Å². The van der Waals surface area contributed by atoms with Crippen molar-refractivity contribution in [2.75, 3.05) is 19.6 Å². The molecular weight excluding hydrogens is 348 g/mol. The molecule has 7 heteroatoms. The van der Waals surface area contributed by atoms with E-state index in [4.69, 9.17) is 0 Å². The monoisotopic (exact) mass is 376 g/mol. The van der Waals surface area contributed by atoms with Gasteiger partial charge in [0.25, 0.3) is 5.56 Å². The molecule has 0 aliphatic carbocycles. The van der Waals surface area contributed by atoms with Crippen molar-refractivity contribution in [2.45, 2.75) is 59.0 Å². The summed E-state index contributed by atoms with van der Waals surface area (Å²) < 4.78 is 1.82. The Morgan fingerprint density at radius 2 is 2.08 bits per heavy atom. The second kappa shape index (κ2) is 7.88. The third-order valence-electron chi connectivity index (χ3n) is 5.06. The average Bonchev–Trinajstić information content (AvgIpc) is 2.91. The van der Waals surface area contributed by atoms with E-state index in [1.54, 1.807) is 17.7 Å². The highest BCUT2D eigenvalue weighted by Gasteiger charge is 2.24. The highest BCUT2D eigenvalue weighted by Crippen LogP contribution is 2.28. The van der Waals surface area contributed by atoms with Crippen molar-refractivity contribution in [1.82, 2.24) is 19.8 Å². The molecule has 2 aromatic rings. The van der Waals surface area contributed by atoms with E-state index in [0.717, 1.165) is 48.1 Å². The van der Waals surface area contributed by atoms with Crippen LogP contribution < -0.4 is 10.9 Å². The van der Waals surface area contributed by atoms with Crippen molar-refractivity contribution in [1.29, 1.82) is 0 Å². The largest absolute Gasteiger partial charge is 0.353 e. The molecule has 0 saturated carbocycles. The lowest BCUT2D eigenvalue weighted by Crippen LogP contribution is -2.44. The number of thiophene rings is 1. The number of nitrogens with zero attached hydrogens (tertiary/aromatic N) is 3. The molecule has 3 rings (SSSR count). The molecular formula is C19H28N4O2S. The predicted molar refractivity (Wildman–Crippen MR) is 106 cm³/mol. The van der Waals surface area contributed by atoms with Crippen LogP contribution in [-0.4, -0.2) is 46.0 Å². The molecule has 1 N–H and O–H groups in total. The maximum atomic E-state index is 13.1. The van der Waals surface area contributed by atoms with E-state index in [0.29, 0.717) is 6.54 Å². The molecule has 1 aliphatic rings. The first-order valence-electron chi connectivity index (χ1n) is 9.41. The number of nitrogens with one attached hydrogen (secondary N) is 1. The Kier molecular flexibility index (Phi) is 5.77. The van der Waals surface area contributed by atoms with E-state index in [1.165, 1.54) is 4.88 Å². The van der Waals surface area contributed by atoms with Crippen LogP contribution in [0.5, 0.6) is 0 Å². The first-order chi connectivity index (χ1) is 12.4. The second-order valence-electron chi connectivity index (χ2n) is 7.36. The highest BCUT2D eigenvalue weighted by molar-refractivity contribution is 7.18. The Bertz CT molecular complexity index is 847. The van der Waals surface area contributed by atoms with Crippen molar-refractivity contribution >= 4 is 27.5 Å². The van der Waals surface area contributed by atoms with Crippen molar-refractivity contribution in [2.24, 2.45) is 0 Å². The number of carbonyl (C=O) groups excluding carboxylic acids is 1. The minimum absolute atomic E-state index is 0.0695. The molecule has 3 heterocycles. The Labute approximate surface area is 158 Å². The molecule has 1 amide bonds. The summed E-state index contributed by atoms with van der Waals surface area (Å²) in [6, 6.07) is 0.326. The van der Waals surface area contributed by atoms with E-state index in [2.05, 4.69) is 29.0 Å². The van der Waals surface area contributed by atoms with Gasteiger partial charge in [0.2, 0.25) is 5.91 Å². The Balaban J connectivity index is 1.73. The molecule has 1 aliphatic heterocycles. The molecule has 142 valence electrons. The number of aryl methyl sites for hydroxylation is 2. The summed E-state index contributed by atoms with van der Waals surface area (Å²) in [5.41, 5.74) is 1.23. The zero-order valence-corrected chi connectivity index (χ0v) is 16.9. The highest BCUT2D eigenvalue weighted by atomic mass is 32.1. The molecule has 1 fully saturated rings. The lowest BCUT2D eigenvalue weighted by molar-refractivity contribution is -0.123. The minimum atomic E-state index is 0.0695. The molecule has 0 radical (unpaired) electrons. The summed E-state index contributed by atoms with van der Waals surface area (Å²) in [5, 5.41) is 3.73. The molecule has 2 aromatic heterocycles. The van der Waals surface area contributed by atoms with E-state index >= 15 is 0 Å². The molecule has 26 heavy (non-hydrogen) atoms. The number of rotatable bonds is 5. The number of likely N-dealkylation sites (tertiary alicyclic amines) is 1. The summed E-state index contributed by atoms with van der Waals surface area (Å²) in [4.78, 5) is 33.7. The zero-order valence-electron chi connectivity index (χ0n) is 16.0. The standard InChI is InChI=1S/C19H28N4O2S/c1-5-15-13(4)26-18-17(15)19(25)23(11-20-18)14-6-8-22(9-7-14)10-16(24)21-12(2)3/h11-12,14H,5-10H2,1-4H3,(H,21,24). The van der Waals surface area contributed by atoms with Crippen LogP contribution in [0.4, 0.5) is 0 Å². The number of fused-ring (bicyclic) bond motifs is 1. The first-order valence-corrected chi connectivity index (χ1v) is 10.2. The molecule has 0 aromatic carbocycles. The van der Waals surface area contributed by atoms with E-state index in [-0.39, 0.29) is 23.6 Å². The fraction of sp³-hybridized carbons (Fsp3) is 0.632. The second-order valence-corrected chi connectivity index (χ2v) is 8.56. The summed E-state index contributed by atoms with van der Waals surface area (Å²) in [5.74, 6) is 0.0695. The summed E-state index contributed by atoms with van der Waals surface area (Å²) in [6.07, 6.45) is 4.31. The zero-order chi connectivity index (χ0) is 18.8. The van der Waals surface area contributed by atoms with Gasteiger partial charge in [0.05, 0.1) is 18.3 Å². The van der Waals surface area contributed by atoms with E-state index in [9.17, 15) is 9.59 Å². The number of piperidine rings is 1. The number of hydrogen-bond donors (Lipinski definition) is 1. The SMILES string of the molecule is CCc1c(C)sc2ncn(C3CCN(CC(=O)NC(C)C)CC3)c(=O)c12. The van der Waals surface area contributed by atoms with Gasteiger partial charge < -0.3 is 5.32 Å². The van der Waals surface area contributed by atoms with Crippen LogP contribution >= 0.6 is 11.3 Å². The van der Waals surface area contributed by atoms with Gasteiger partial charge in [-0.3, -0.25) is 19.1 Å². The van der Waals surface area contributed by atoms with Gasteiger partial charge >= 0.3 is 0 Å². The van der Waals surface area contributed by atoms with Crippen LogP contribution in [0.15, 0.2) is 11.1 Å². The van der Waals surface area contributed by atoms with Crippen LogP contribution in [-0.2, 0) is 11.2 Å². The molecule has 0 spiro atoms. The molecule has 0 bridgehead atoms. The van der Waals surface area contributed by atoms with Gasteiger partial charge in [0, 0.05) is 30.1 Å². The lowest BCUT2D eigenvalue weighted by Gasteiger charge is -2.32. The summed E-state index contributed by atoms with van der Waals surface area (Å²) in [6.45, 7) is 10.2. The fourth-order valence-electron chi connectivity index (χ4n) is 3.78. The topological polar surface area (TPSA) is 67.2 Å².